The summed E-state index contributed by atoms with van der Waals surface area (Å²) in [6, 6.07) is 5.00. The van der Waals surface area contributed by atoms with Crippen LogP contribution in [0, 0.1) is 0 Å². The van der Waals surface area contributed by atoms with Gasteiger partial charge in [0.1, 0.15) is 19.4 Å². The third kappa shape index (κ3) is 2.89. The highest BCUT2D eigenvalue weighted by atomic mass is 35.5. The van der Waals surface area contributed by atoms with E-state index in [2.05, 4.69) is 15.5 Å². The molecule has 1 saturated heterocycles. The zero-order chi connectivity index (χ0) is 16.6. The number of carbonyl (C=O) groups is 2. The Bertz CT molecular complexity index is 746. The Morgan fingerprint density at radius 2 is 1.91 bits per heavy atom. The minimum Gasteiger partial charge on any atom is -0.329 e. The molecule has 2 heterocycles. The number of tetrazole rings is 1. The van der Waals surface area contributed by atoms with Gasteiger partial charge in [-0.15, -0.1) is 5.10 Å². The summed E-state index contributed by atoms with van der Waals surface area (Å²) in [6.45, 7) is 3.77. The first-order valence-corrected chi connectivity index (χ1v) is 7.48. The van der Waals surface area contributed by atoms with Crippen molar-refractivity contribution in [2.45, 2.75) is 19.9 Å². The van der Waals surface area contributed by atoms with Crippen LogP contribution in [-0.2, 0) is 9.59 Å². The van der Waals surface area contributed by atoms with Crippen LogP contribution in [0.5, 0.6) is 0 Å². The summed E-state index contributed by atoms with van der Waals surface area (Å²) >= 11 is 6.07. The Labute approximate surface area is 137 Å². The summed E-state index contributed by atoms with van der Waals surface area (Å²) in [5.74, 6) is -0.280. The highest BCUT2D eigenvalue weighted by molar-refractivity contribution is 6.31. The Hall–Kier alpha value is -2.48. The lowest BCUT2D eigenvalue weighted by molar-refractivity contribution is -0.139. The van der Waals surface area contributed by atoms with Crippen LogP contribution < -0.4 is 4.90 Å². The van der Waals surface area contributed by atoms with E-state index in [1.807, 2.05) is 13.8 Å². The Balaban J connectivity index is 2.00. The minimum absolute atomic E-state index is 0.0213. The molecule has 0 spiro atoms. The predicted molar refractivity (Wildman–Crippen MR) is 83.4 cm³/mol. The molecule has 1 aliphatic heterocycles. The number of aromatic nitrogens is 4. The first kappa shape index (κ1) is 15.4. The van der Waals surface area contributed by atoms with Crippen molar-refractivity contribution in [1.82, 2.24) is 25.1 Å². The van der Waals surface area contributed by atoms with Crippen molar-refractivity contribution < 1.29 is 9.59 Å². The molecule has 0 bridgehead atoms. The molecule has 0 atom stereocenters. The highest BCUT2D eigenvalue weighted by Gasteiger charge is 2.33. The van der Waals surface area contributed by atoms with Crippen LogP contribution in [0.4, 0.5) is 5.69 Å². The van der Waals surface area contributed by atoms with Crippen LogP contribution in [-0.4, -0.2) is 56.1 Å². The molecule has 1 fully saturated rings. The van der Waals surface area contributed by atoms with Gasteiger partial charge >= 0.3 is 0 Å². The fourth-order valence-corrected chi connectivity index (χ4v) is 2.67. The number of nitrogens with zero attached hydrogens (tertiary/aromatic N) is 6. The van der Waals surface area contributed by atoms with E-state index in [1.165, 1.54) is 15.9 Å². The van der Waals surface area contributed by atoms with E-state index in [0.717, 1.165) is 0 Å². The molecule has 9 heteroatoms. The SMILES string of the molecule is CC(C)N1CC(=O)N(c2cc(Cl)ccc2-n2cnnn2)CC1=O. The lowest BCUT2D eigenvalue weighted by atomic mass is 10.2. The third-order valence-electron chi connectivity index (χ3n) is 3.67. The van der Waals surface area contributed by atoms with Crippen molar-refractivity contribution >= 4 is 29.1 Å². The van der Waals surface area contributed by atoms with Gasteiger partial charge in [-0.05, 0) is 42.5 Å². The van der Waals surface area contributed by atoms with Crippen LogP contribution in [0.3, 0.4) is 0 Å². The molecule has 1 aromatic carbocycles. The number of rotatable bonds is 3. The number of amides is 2. The maximum Gasteiger partial charge on any atom is 0.247 e. The molecule has 0 unspecified atom stereocenters. The van der Waals surface area contributed by atoms with Crippen molar-refractivity contribution in [3.63, 3.8) is 0 Å². The topological polar surface area (TPSA) is 84.2 Å². The summed E-state index contributed by atoms with van der Waals surface area (Å²) in [4.78, 5) is 27.8. The van der Waals surface area contributed by atoms with Gasteiger partial charge in [0.2, 0.25) is 11.8 Å². The number of hydrogen-bond donors (Lipinski definition) is 0. The van der Waals surface area contributed by atoms with Crippen LogP contribution in [0.15, 0.2) is 24.5 Å². The number of carbonyl (C=O) groups excluding carboxylic acids is 2. The average molecular weight is 335 g/mol. The van der Waals surface area contributed by atoms with Gasteiger partial charge in [-0.25, -0.2) is 0 Å². The summed E-state index contributed by atoms with van der Waals surface area (Å²) in [7, 11) is 0. The summed E-state index contributed by atoms with van der Waals surface area (Å²) in [5.41, 5.74) is 1.09. The first-order chi connectivity index (χ1) is 11.0. The number of benzene rings is 1. The fraction of sp³-hybridized carbons (Fsp3) is 0.357. The van der Waals surface area contributed by atoms with E-state index in [1.54, 1.807) is 23.1 Å². The smallest absolute Gasteiger partial charge is 0.247 e. The second-order valence-corrected chi connectivity index (χ2v) is 5.92. The zero-order valence-electron chi connectivity index (χ0n) is 12.7. The molecular weight excluding hydrogens is 320 g/mol. The molecule has 0 saturated carbocycles. The van der Waals surface area contributed by atoms with E-state index in [0.29, 0.717) is 16.4 Å². The quantitative estimate of drug-likeness (QED) is 0.832. The summed E-state index contributed by atoms with van der Waals surface area (Å²) in [6.07, 6.45) is 1.42. The Morgan fingerprint density at radius 3 is 2.57 bits per heavy atom. The maximum absolute atomic E-state index is 12.5. The maximum atomic E-state index is 12.5. The Kier molecular flexibility index (Phi) is 3.99. The third-order valence-corrected chi connectivity index (χ3v) is 3.90. The van der Waals surface area contributed by atoms with Gasteiger partial charge in [-0.1, -0.05) is 11.6 Å². The van der Waals surface area contributed by atoms with Crippen LogP contribution >= 0.6 is 11.6 Å². The monoisotopic (exact) mass is 334 g/mol. The Morgan fingerprint density at radius 1 is 1.13 bits per heavy atom. The highest BCUT2D eigenvalue weighted by Crippen LogP contribution is 2.29. The summed E-state index contributed by atoms with van der Waals surface area (Å²) < 4.78 is 1.43. The van der Waals surface area contributed by atoms with Crippen LogP contribution in [0.2, 0.25) is 5.02 Å². The average Bonchev–Trinajstić information content (AvgIpc) is 3.03. The zero-order valence-corrected chi connectivity index (χ0v) is 13.4. The predicted octanol–water partition coefficient (Wildman–Crippen LogP) is 0.899. The fourth-order valence-electron chi connectivity index (χ4n) is 2.50. The lowest BCUT2D eigenvalue weighted by Crippen LogP contribution is -2.56. The molecule has 0 radical (unpaired) electrons. The van der Waals surface area contributed by atoms with Gasteiger partial charge in [0.25, 0.3) is 0 Å². The van der Waals surface area contributed by atoms with E-state index < -0.39 is 0 Å². The van der Waals surface area contributed by atoms with Crippen molar-refractivity contribution in [2.24, 2.45) is 0 Å². The molecule has 2 amide bonds. The van der Waals surface area contributed by atoms with Gasteiger partial charge in [0, 0.05) is 11.1 Å². The van der Waals surface area contributed by atoms with E-state index >= 15 is 0 Å². The molecular formula is C14H15ClN6O2. The molecule has 0 aliphatic carbocycles. The van der Waals surface area contributed by atoms with Crippen molar-refractivity contribution in [1.29, 1.82) is 0 Å². The molecule has 2 aromatic rings. The molecule has 0 N–H and O–H groups in total. The standard InChI is InChI=1S/C14H15ClN6O2/c1-9(2)19-6-14(23)20(7-13(19)22)12-5-10(15)3-4-11(12)21-8-16-17-18-21/h3-5,8-9H,6-7H2,1-2H3. The van der Waals surface area contributed by atoms with Crippen molar-refractivity contribution in [3.05, 3.63) is 29.5 Å². The number of piperazine rings is 1. The largest absolute Gasteiger partial charge is 0.329 e. The first-order valence-electron chi connectivity index (χ1n) is 7.10. The van der Waals surface area contributed by atoms with E-state index in [9.17, 15) is 9.59 Å². The minimum atomic E-state index is -0.171. The van der Waals surface area contributed by atoms with Crippen molar-refractivity contribution in [3.8, 4) is 5.69 Å². The van der Waals surface area contributed by atoms with E-state index in [-0.39, 0.29) is 30.9 Å². The molecule has 1 aliphatic rings. The second-order valence-electron chi connectivity index (χ2n) is 5.48. The molecule has 1 aromatic heterocycles. The molecule has 120 valence electrons. The van der Waals surface area contributed by atoms with Crippen molar-refractivity contribution in [2.75, 3.05) is 18.0 Å². The van der Waals surface area contributed by atoms with E-state index in [4.69, 9.17) is 11.6 Å². The number of halogens is 1. The van der Waals surface area contributed by atoms with Gasteiger partial charge in [0.05, 0.1) is 11.4 Å². The normalized spacial score (nSPS) is 15.7. The second kappa shape index (κ2) is 5.96. The lowest BCUT2D eigenvalue weighted by Gasteiger charge is -2.36. The van der Waals surface area contributed by atoms with Crippen LogP contribution in [0.1, 0.15) is 13.8 Å². The van der Waals surface area contributed by atoms with Gasteiger partial charge in [-0.2, -0.15) is 4.68 Å². The van der Waals surface area contributed by atoms with Gasteiger partial charge in [0.15, 0.2) is 0 Å². The number of anilines is 1. The molecule has 3 rings (SSSR count). The van der Waals surface area contributed by atoms with Gasteiger partial charge in [-0.3, -0.25) is 14.5 Å². The van der Waals surface area contributed by atoms with Crippen LogP contribution in [0.25, 0.3) is 5.69 Å². The molecule has 8 nitrogen and oxygen atoms in total. The number of hydrogen-bond acceptors (Lipinski definition) is 5. The molecule has 23 heavy (non-hydrogen) atoms. The summed E-state index contributed by atoms with van der Waals surface area (Å²) in [5, 5.41) is 11.5. The van der Waals surface area contributed by atoms with Gasteiger partial charge < -0.3 is 4.90 Å².